The summed E-state index contributed by atoms with van der Waals surface area (Å²) in [6.45, 7) is 6.75. The Balaban J connectivity index is 4.09. The molecule has 0 aromatic heterocycles. The molecule has 1 atom stereocenters. The van der Waals surface area contributed by atoms with Gasteiger partial charge in [-0.2, -0.15) is 0 Å². The fraction of sp³-hybridized carbons (Fsp3) is 0.778. The molecule has 94 valence electrons. The Labute approximate surface area is 94.7 Å². The van der Waals surface area contributed by atoms with E-state index in [2.05, 4.69) is 10.2 Å². The third-order valence-corrected chi connectivity index (χ3v) is 1.36. The van der Waals surface area contributed by atoms with Crippen LogP contribution in [0.25, 0.3) is 0 Å². The topological polar surface area (TPSA) is 94.9 Å². The van der Waals surface area contributed by atoms with Gasteiger partial charge in [-0.25, -0.2) is 4.79 Å². The molecule has 0 spiro atoms. The Kier molecular flexibility index (Phi) is 5.19. The Morgan fingerprint density at radius 3 is 2.38 bits per heavy atom. The van der Waals surface area contributed by atoms with Crippen LogP contribution in [0.2, 0.25) is 0 Å². The number of hydrogen-bond acceptors (Lipinski definition) is 6. The van der Waals surface area contributed by atoms with Crippen LogP contribution in [-0.2, 0) is 9.57 Å². The summed E-state index contributed by atoms with van der Waals surface area (Å²) in [5.41, 5.74) is -0.597. The Morgan fingerprint density at radius 2 is 2.00 bits per heavy atom. The van der Waals surface area contributed by atoms with Gasteiger partial charge in [-0.05, 0) is 32.9 Å². The van der Waals surface area contributed by atoms with E-state index in [1.54, 1.807) is 20.8 Å². The largest absolute Gasteiger partial charge is 0.444 e. The number of carbonyl (C=O) groups excluding carboxylic acids is 1. The van der Waals surface area contributed by atoms with Crippen molar-refractivity contribution >= 4 is 12.0 Å². The van der Waals surface area contributed by atoms with Crippen molar-refractivity contribution in [2.24, 2.45) is 0 Å². The Bertz CT molecular complexity index is 260. The van der Waals surface area contributed by atoms with Crippen molar-refractivity contribution in [1.29, 1.82) is 5.41 Å². The lowest BCUT2D eigenvalue weighted by molar-refractivity contribution is -0.275. The molecule has 0 saturated carbocycles. The number of alkyl carbamates (subject to hydrolysis) is 1. The van der Waals surface area contributed by atoms with Gasteiger partial charge in [0.1, 0.15) is 11.6 Å². The van der Waals surface area contributed by atoms with Crippen LogP contribution in [0.4, 0.5) is 4.79 Å². The zero-order valence-electron chi connectivity index (χ0n) is 10.2. The molecule has 16 heavy (non-hydrogen) atoms. The van der Waals surface area contributed by atoms with Crippen LogP contribution in [0.15, 0.2) is 0 Å². The standard InChI is InChI=1S/C9H19N3O4/c1-6(7(10)16-12(5)14)11-8(13)15-9(2,3)4/h6,10,14H,1-5H3,(H,11,13). The highest BCUT2D eigenvalue weighted by molar-refractivity contribution is 5.82. The van der Waals surface area contributed by atoms with Gasteiger partial charge in [-0.1, -0.05) is 0 Å². The van der Waals surface area contributed by atoms with Crippen molar-refractivity contribution in [2.45, 2.75) is 39.3 Å². The SMILES string of the molecule is CC(NC(=O)OC(C)(C)C)C(=N)ON(C)O. The molecule has 1 amide bonds. The number of rotatable bonds is 3. The molecule has 0 aliphatic carbocycles. The molecule has 0 bridgehead atoms. The predicted molar refractivity (Wildman–Crippen MR) is 57.2 cm³/mol. The van der Waals surface area contributed by atoms with Crippen LogP contribution in [0.1, 0.15) is 27.7 Å². The monoisotopic (exact) mass is 233 g/mol. The van der Waals surface area contributed by atoms with E-state index >= 15 is 0 Å². The van der Waals surface area contributed by atoms with Gasteiger partial charge in [0, 0.05) is 0 Å². The fourth-order valence-corrected chi connectivity index (χ4v) is 0.771. The highest BCUT2D eigenvalue weighted by atomic mass is 16.9. The van der Waals surface area contributed by atoms with Crippen molar-refractivity contribution in [3.8, 4) is 0 Å². The van der Waals surface area contributed by atoms with Crippen LogP contribution in [-0.4, -0.2) is 41.1 Å². The van der Waals surface area contributed by atoms with Crippen LogP contribution < -0.4 is 5.32 Å². The molecule has 0 rings (SSSR count). The lowest BCUT2D eigenvalue weighted by Crippen LogP contribution is -2.43. The quantitative estimate of drug-likeness (QED) is 0.386. The van der Waals surface area contributed by atoms with Gasteiger partial charge in [-0.15, -0.1) is 0 Å². The van der Waals surface area contributed by atoms with Crippen LogP contribution in [0.3, 0.4) is 0 Å². The molecule has 7 nitrogen and oxygen atoms in total. The van der Waals surface area contributed by atoms with Gasteiger partial charge >= 0.3 is 6.09 Å². The van der Waals surface area contributed by atoms with Crippen LogP contribution in [0.5, 0.6) is 0 Å². The summed E-state index contributed by atoms with van der Waals surface area (Å²) in [6.07, 6.45) is -0.644. The van der Waals surface area contributed by atoms with Gasteiger partial charge in [-0.3, -0.25) is 10.6 Å². The van der Waals surface area contributed by atoms with E-state index in [9.17, 15) is 4.79 Å². The molecule has 0 fully saturated rings. The van der Waals surface area contributed by atoms with Crippen molar-refractivity contribution in [3.63, 3.8) is 0 Å². The van der Waals surface area contributed by atoms with Gasteiger partial charge in [0.15, 0.2) is 0 Å². The van der Waals surface area contributed by atoms with E-state index in [0.717, 1.165) is 0 Å². The van der Waals surface area contributed by atoms with E-state index in [1.807, 2.05) is 0 Å². The average Bonchev–Trinajstić information content (AvgIpc) is 1.98. The van der Waals surface area contributed by atoms with Crippen molar-refractivity contribution in [1.82, 2.24) is 10.5 Å². The molecule has 3 N–H and O–H groups in total. The Hall–Kier alpha value is -1.34. The maximum absolute atomic E-state index is 11.3. The molecular formula is C9H19N3O4. The molecular weight excluding hydrogens is 214 g/mol. The molecule has 1 unspecified atom stereocenters. The minimum atomic E-state index is -0.690. The second-order valence-corrected chi connectivity index (χ2v) is 4.29. The minimum Gasteiger partial charge on any atom is -0.444 e. The van der Waals surface area contributed by atoms with Crippen molar-refractivity contribution in [3.05, 3.63) is 0 Å². The summed E-state index contributed by atoms with van der Waals surface area (Å²) in [6, 6.07) is -0.690. The fourth-order valence-electron chi connectivity index (χ4n) is 0.771. The van der Waals surface area contributed by atoms with E-state index < -0.39 is 17.7 Å². The second kappa shape index (κ2) is 5.66. The number of nitrogens with zero attached hydrogens (tertiary/aromatic N) is 1. The first kappa shape index (κ1) is 14.7. The normalized spacial score (nSPS) is 13.2. The van der Waals surface area contributed by atoms with Gasteiger partial charge in [0.05, 0.1) is 7.05 Å². The summed E-state index contributed by atoms with van der Waals surface area (Å²) in [4.78, 5) is 15.8. The highest BCUT2D eigenvalue weighted by Crippen LogP contribution is 2.06. The molecule has 0 aliphatic heterocycles. The first-order chi connectivity index (χ1) is 7.11. The number of carbonyl (C=O) groups is 1. The van der Waals surface area contributed by atoms with Gasteiger partial charge in [0.2, 0.25) is 5.90 Å². The second-order valence-electron chi connectivity index (χ2n) is 4.29. The van der Waals surface area contributed by atoms with Crippen LogP contribution >= 0.6 is 0 Å². The third kappa shape index (κ3) is 7.02. The molecule has 0 saturated heterocycles. The summed E-state index contributed by atoms with van der Waals surface area (Å²) >= 11 is 0. The molecule has 0 heterocycles. The van der Waals surface area contributed by atoms with E-state index in [0.29, 0.717) is 5.23 Å². The minimum absolute atomic E-state index is 0.296. The van der Waals surface area contributed by atoms with Crippen LogP contribution in [0, 0.1) is 5.41 Å². The average molecular weight is 233 g/mol. The number of ether oxygens (including phenoxy) is 1. The summed E-state index contributed by atoms with van der Waals surface area (Å²) in [5.74, 6) is -0.296. The lowest BCUT2D eigenvalue weighted by Gasteiger charge is -2.22. The predicted octanol–water partition coefficient (Wildman–Crippen LogP) is 1.13. The van der Waals surface area contributed by atoms with Crippen molar-refractivity contribution < 1.29 is 19.6 Å². The first-order valence-electron chi connectivity index (χ1n) is 4.80. The summed E-state index contributed by atoms with van der Waals surface area (Å²) in [5, 5.41) is 18.9. The summed E-state index contributed by atoms with van der Waals surface area (Å²) < 4.78 is 4.99. The third-order valence-electron chi connectivity index (χ3n) is 1.36. The maximum Gasteiger partial charge on any atom is 0.408 e. The van der Waals surface area contributed by atoms with Crippen molar-refractivity contribution in [2.75, 3.05) is 7.05 Å². The number of hydrogen-bond donors (Lipinski definition) is 3. The number of hydroxylamine groups is 2. The number of amides is 1. The number of nitrogens with one attached hydrogen (secondary N) is 2. The smallest absolute Gasteiger partial charge is 0.408 e. The lowest BCUT2D eigenvalue weighted by atomic mass is 10.2. The summed E-state index contributed by atoms with van der Waals surface area (Å²) in [7, 11) is 1.22. The van der Waals surface area contributed by atoms with E-state index in [4.69, 9.17) is 15.4 Å². The first-order valence-corrected chi connectivity index (χ1v) is 4.80. The van der Waals surface area contributed by atoms with E-state index in [1.165, 1.54) is 14.0 Å². The molecule has 7 heteroatoms. The zero-order chi connectivity index (χ0) is 12.9. The molecule has 0 aromatic rings. The zero-order valence-corrected chi connectivity index (χ0v) is 10.2. The molecule has 0 aromatic carbocycles. The van der Waals surface area contributed by atoms with Gasteiger partial charge < -0.3 is 14.9 Å². The van der Waals surface area contributed by atoms with E-state index in [-0.39, 0.29) is 5.90 Å². The van der Waals surface area contributed by atoms with Gasteiger partial charge in [0.25, 0.3) is 0 Å². The maximum atomic E-state index is 11.3. The highest BCUT2D eigenvalue weighted by Gasteiger charge is 2.20. The Morgan fingerprint density at radius 1 is 1.50 bits per heavy atom. The molecule has 0 aliphatic rings. The molecule has 0 radical (unpaired) electrons.